The monoisotopic (exact) mass is 1240 g/mol. The fourth-order valence-electron chi connectivity index (χ4n) is 9.76. The summed E-state index contributed by atoms with van der Waals surface area (Å²) in [6, 6.07) is 0. The first-order valence-corrected chi connectivity index (χ1v) is 37.1. The molecule has 17 nitrogen and oxygen atoms in total. The summed E-state index contributed by atoms with van der Waals surface area (Å²) >= 11 is 0. The van der Waals surface area contributed by atoms with Crippen LogP contribution in [-0.4, -0.2) is 96.7 Å². The van der Waals surface area contributed by atoms with Crippen LogP contribution in [-0.2, 0) is 65.4 Å². The smallest absolute Gasteiger partial charge is 0.462 e. The number of rotatable bonds is 65. The predicted octanol–water partition coefficient (Wildman–Crippen LogP) is 18.2. The zero-order chi connectivity index (χ0) is 62.0. The van der Waals surface area contributed by atoms with Crippen LogP contribution in [0.25, 0.3) is 0 Å². The van der Waals surface area contributed by atoms with Crippen molar-refractivity contribution in [2.45, 2.75) is 348 Å². The number of hydrogen-bond donors (Lipinski definition) is 3. The van der Waals surface area contributed by atoms with E-state index in [1.54, 1.807) is 0 Å². The van der Waals surface area contributed by atoms with E-state index in [0.29, 0.717) is 25.7 Å². The molecule has 0 bridgehead atoms. The van der Waals surface area contributed by atoms with E-state index in [4.69, 9.17) is 37.0 Å². The first-order chi connectivity index (χ1) is 40.5. The average molecular weight is 1240 g/mol. The lowest BCUT2D eigenvalue weighted by molar-refractivity contribution is -0.161. The summed E-state index contributed by atoms with van der Waals surface area (Å²) < 4.78 is 67.8. The van der Waals surface area contributed by atoms with Crippen molar-refractivity contribution in [2.24, 2.45) is 5.92 Å². The summed E-state index contributed by atoms with van der Waals surface area (Å²) in [4.78, 5) is 72.0. The molecule has 0 fully saturated rings. The molecule has 0 aromatic heterocycles. The van der Waals surface area contributed by atoms with Gasteiger partial charge in [0, 0.05) is 25.7 Å². The van der Waals surface area contributed by atoms with Crippen LogP contribution in [0.1, 0.15) is 330 Å². The van der Waals surface area contributed by atoms with E-state index in [1.165, 1.54) is 128 Å². The number of phosphoric acid groups is 2. The molecule has 84 heavy (non-hydrogen) atoms. The molecule has 0 aromatic rings. The largest absolute Gasteiger partial charge is 0.472 e. The number of carbonyl (C=O) groups is 4. The molecule has 0 aliphatic heterocycles. The van der Waals surface area contributed by atoms with Crippen LogP contribution in [0.5, 0.6) is 0 Å². The van der Waals surface area contributed by atoms with Gasteiger partial charge in [-0.3, -0.25) is 37.3 Å². The molecular formula is C65H126O17P2. The molecular weight excluding hydrogens is 1110 g/mol. The maximum atomic E-state index is 13.0. The highest BCUT2D eigenvalue weighted by Gasteiger charge is 2.30. The maximum absolute atomic E-state index is 13.0. The molecule has 0 aliphatic carbocycles. The third-order valence-electron chi connectivity index (χ3n) is 15.0. The van der Waals surface area contributed by atoms with Crippen LogP contribution >= 0.6 is 15.6 Å². The molecule has 0 heterocycles. The van der Waals surface area contributed by atoms with Crippen molar-refractivity contribution in [3.8, 4) is 0 Å². The van der Waals surface area contributed by atoms with Gasteiger partial charge in [-0.25, -0.2) is 9.13 Å². The quantitative estimate of drug-likeness (QED) is 0.0222. The molecule has 0 spiro atoms. The molecule has 0 rings (SSSR count). The number of aliphatic hydroxyl groups is 1. The zero-order valence-electron chi connectivity index (χ0n) is 54.0. The molecule has 3 N–H and O–H groups in total. The zero-order valence-corrected chi connectivity index (χ0v) is 55.8. The number of phosphoric ester groups is 2. The van der Waals surface area contributed by atoms with Crippen molar-refractivity contribution in [3.63, 3.8) is 0 Å². The standard InChI is InChI=1S/C65H126O17P2/c1-6-9-12-15-18-19-20-21-22-23-24-25-26-27-28-29-36-41-46-51-65(70)82-61(55-76-63(68)49-44-39-35-31-30-34-37-42-47-58(4)5)57-80-84(73,74)78-53-59(66)52-77-83(71,72)79-56-60(81-64(69)50-45-40-33-17-14-11-8-3)54-75-62(67)48-43-38-32-16-13-10-7-2/h58-61,66H,6-57H2,1-5H3,(H,71,72)(H,73,74)/t59-,60+,61+/m0/s1. The molecule has 5 atom stereocenters. The second-order valence-corrected chi connectivity index (χ2v) is 26.9. The minimum absolute atomic E-state index is 0.103. The minimum Gasteiger partial charge on any atom is -0.462 e. The number of hydrogen-bond acceptors (Lipinski definition) is 15. The predicted molar refractivity (Wildman–Crippen MR) is 335 cm³/mol. The first-order valence-electron chi connectivity index (χ1n) is 34.1. The van der Waals surface area contributed by atoms with Gasteiger partial charge in [-0.1, -0.05) is 279 Å². The summed E-state index contributed by atoms with van der Waals surface area (Å²) in [5.74, 6) is -1.41. The van der Waals surface area contributed by atoms with Crippen molar-refractivity contribution in [1.29, 1.82) is 0 Å². The summed E-state index contributed by atoms with van der Waals surface area (Å²) in [5, 5.41) is 10.5. The van der Waals surface area contributed by atoms with Crippen LogP contribution in [0, 0.1) is 5.92 Å². The van der Waals surface area contributed by atoms with Crippen molar-refractivity contribution < 1.29 is 80.2 Å². The number of esters is 4. The fraction of sp³-hybridized carbons (Fsp3) is 0.938. The lowest BCUT2D eigenvalue weighted by Crippen LogP contribution is -2.30. The third-order valence-corrected chi connectivity index (χ3v) is 16.9. The van der Waals surface area contributed by atoms with Crippen LogP contribution in [0.4, 0.5) is 0 Å². The van der Waals surface area contributed by atoms with E-state index in [0.717, 1.165) is 121 Å². The van der Waals surface area contributed by atoms with E-state index in [2.05, 4.69) is 34.6 Å². The van der Waals surface area contributed by atoms with Crippen molar-refractivity contribution >= 4 is 39.5 Å². The van der Waals surface area contributed by atoms with E-state index < -0.39 is 97.5 Å². The molecule has 2 unspecified atom stereocenters. The number of unbranched alkanes of at least 4 members (excludes halogenated alkanes) is 37. The van der Waals surface area contributed by atoms with Gasteiger partial charge < -0.3 is 33.8 Å². The van der Waals surface area contributed by atoms with Crippen LogP contribution in [0.2, 0.25) is 0 Å². The Morgan fingerprint density at radius 3 is 0.810 bits per heavy atom. The summed E-state index contributed by atoms with van der Waals surface area (Å²) in [6.07, 6.45) is 43.5. The summed E-state index contributed by atoms with van der Waals surface area (Å²) in [5.41, 5.74) is 0. The summed E-state index contributed by atoms with van der Waals surface area (Å²) in [7, 11) is -9.88. The van der Waals surface area contributed by atoms with E-state index in [1.807, 2.05) is 0 Å². The first kappa shape index (κ1) is 82.1. The molecule has 0 aromatic carbocycles. The van der Waals surface area contributed by atoms with Gasteiger partial charge in [0.2, 0.25) is 0 Å². The highest BCUT2D eigenvalue weighted by atomic mass is 31.2. The van der Waals surface area contributed by atoms with Gasteiger partial charge in [-0.2, -0.15) is 0 Å². The lowest BCUT2D eigenvalue weighted by atomic mass is 10.0. The van der Waals surface area contributed by atoms with Crippen LogP contribution in [0.3, 0.4) is 0 Å². The number of ether oxygens (including phenoxy) is 4. The molecule has 0 saturated heterocycles. The molecule has 19 heteroatoms. The molecule has 0 radical (unpaired) electrons. The third kappa shape index (κ3) is 59.0. The normalized spacial score (nSPS) is 14.2. The topological polar surface area (TPSA) is 237 Å². The molecule has 498 valence electrons. The van der Waals surface area contributed by atoms with Gasteiger partial charge in [-0.15, -0.1) is 0 Å². The molecule has 0 saturated carbocycles. The SMILES string of the molecule is CCCCCCCCCCCCCCCCCCCCCC(=O)O[C@H](COC(=O)CCCCCCCCCCC(C)C)COP(=O)(O)OC[C@@H](O)COP(=O)(O)OC[C@@H](COC(=O)CCCCCCCCC)OC(=O)CCCCCCCCC. The second-order valence-electron chi connectivity index (χ2n) is 24.0. The van der Waals surface area contributed by atoms with Crippen molar-refractivity contribution in [3.05, 3.63) is 0 Å². The van der Waals surface area contributed by atoms with Crippen molar-refractivity contribution in [1.82, 2.24) is 0 Å². The molecule has 0 amide bonds. The summed E-state index contributed by atoms with van der Waals surface area (Å²) in [6.45, 7) is 7.08. The van der Waals surface area contributed by atoms with Gasteiger partial charge in [0.1, 0.15) is 19.3 Å². The van der Waals surface area contributed by atoms with Gasteiger partial charge in [0.25, 0.3) is 0 Å². The Hall–Kier alpha value is -1.94. The van der Waals surface area contributed by atoms with Crippen LogP contribution < -0.4 is 0 Å². The van der Waals surface area contributed by atoms with Gasteiger partial charge in [0.15, 0.2) is 12.2 Å². The van der Waals surface area contributed by atoms with Gasteiger partial charge >= 0.3 is 39.5 Å². The van der Waals surface area contributed by atoms with Gasteiger partial charge in [0.05, 0.1) is 26.4 Å². The van der Waals surface area contributed by atoms with E-state index in [-0.39, 0.29) is 25.7 Å². The maximum Gasteiger partial charge on any atom is 0.472 e. The van der Waals surface area contributed by atoms with Gasteiger partial charge in [-0.05, 0) is 31.6 Å². The van der Waals surface area contributed by atoms with E-state index in [9.17, 15) is 43.2 Å². The Bertz CT molecular complexity index is 1640. The van der Waals surface area contributed by atoms with Crippen molar-refractivity contribution in [2.75, 3.05) is 39.6 Å². The second kappa shape index (κ2) is 58.7. The number of carbonyl (C=O) groups excluding carboxylic acids is 4. The number of aliphatic hydroxyl groups excluding tert-OH is 1. The lowest BCUT2D eigenvalue weighted by Gasteiger charge is -2.21. The molecule has 0 aliphatic rings. The minimum atomic E-state index is -4.94. The Kier molecular flexibility index (Phi) is 57.4. The Balaban J connectivity index is 5.12. The van der Waals surface area contributed by atoms with E-state index >= 15 is 0 Å². The Morgan fingerprint density at radius 2 is 0.548 bits per heavy atom. The average Bonchev–Trinajstić information content (AvgIpc) is 3.54. The fourth-order valence-corrected chi connectivity index (χ4v) is 11.3. The highest BCUT2D eigenvalue weighted by Crippen LogP contribution is 2.45. The highest BCUT2D eigenvalue weighted by molar-refractivity contribution is 7.47. The van der Waals surface area contributed by atoms with Crippen LogP contribution in [0.15, 0.2) is 0 Å². The Labute approximate surface area is 511 Å². The Morgan fingerprint density at radius 1 is 0.321 bits per heavy atom.